The molecule has 3 aromatic rings. The summed E-state index contributed by atoms with van der Waals surface area (Å²) >= 11 is 5.88. The van der Waals surface area contributed by atoms with Gasteiger partial charge in [0.25, 0.3) is 5.91 Å². The third-order valence-corrected chi connectivity index (χ3v) is 4.69. The van der Waals surface area contributed by atoms with Crippen molar-refractivity contribution in [3.8, 4) is 11.4 Å². The van der Waals surface area contributed by atoms with Crippen molar-refractivity contribution in [1.29, 1.82) is 0 Å². The lowest BCUT2D eigenvalue weighted by Crippen LogP contribution is -2.44. The Bertz CT molecular complexity index is 1020. The van der Waals surface area contributed by atoms with Crippen LogP contribution in [0.1, 0.15) is 30.8 Å². The number of aromatic nitrogens is 2. The molecule has 1 aromatic heterocycles. The van der Waals surface area contributed by atoms with Crippen molar-refractivity contribution in [2.45, 2.75) is 33.3 Å². The maximum absolute atomic E-state index is 12.5. The van der Waals surface area contributed by atoms with E-state index in [1.165, 1.54) is 0 Å². The highest BCUT2D eigenvalue weighted by molar-refractivity contribution is 6.30. The van der Waals surface area contributed by atoms with Crippen LogP contribution in [0.2, 0.25) is 5.02 Å². The van der Waals surface area contributed by atoms with Crippen LogP contribution in [0.25, 0.3) is 5.69 Å². The maximum atomic E-state index is 12.5. The highest BCUT2D eigenvalue weighted by Gasteiger charge is 2.30. The quantitative estimate of drug-likeness (QED) is 0.482. The van der Waals surface area contributed by atoms with Crippen LogP contribution in [0.4, 0.5) is 0 Å². The molecule has 0 fully saturated rings. The number of aryl methyl sites for hydroxylation is 1. The number of ether oxygens (including phenoxy) is 1. The average molecular weight is 411 g/mol. The number of benzene rings is 2. The Balaban J connectivity index is 1.70. The fraction of sp³-hybridized carbons (Fsp3) is 0.227. The number of hydrogen-bond donors (Lipinski definition) is 1. The number of para-hydroxylation sites is 1. The minimum atomic E-state index is -1.11. The predicted molar refractivity (Wildman–Crippen MR) is 115 cm³/mol. The predicted octanol–water partition coefficient (Wildman–Crippen LogP) is 4.45. The van der Waals surface area contributed by atoms with Crippen LogP contribution in [0.15, 0.2) is 59.7 Å². The SMILES string of the molecule is Cc1nn(-c2ccccc2)c(C)c1C=NNC(=O)C(C)(C)Oc1ccc(Cl)cc1. The molecule has 29 heavy (non-hydrogen) atoms. The fourth-order valence-corrected chi connectivity index (χ4v) is 2.92. The van der Waals surface area contributed by atoms with E-state index in [9.17, 15) is 4.79 Å². The molecule has 6 nitrogen and oxygen atoms in total. The van der Waals surface area contributed by atoms with E-state index in [1.807, 2.05) is 48.9 Å². The summed E-state index contributed by atoms with van der Waals surface area (Å²) in [6, 6.07) is 16.7. The standard InChI is InChI=1S/C22H23ClN4O2/c1-15-20(16(2)27(26-15)18-8-6-5-7-9-18)14-24-25-21(28)22(3,4)29-19-12-10-17(23)11-13-19/h5-14H,1-4H3,(H,25,28). The van der Waals surface area contributed by atoms with E-state index in [0.717, 1.165) is 22.6 Å². The molecule has 0 saturated carbocycles. The second kappa shape index (κ2) is 8.49. The molecule has 0 unspecified atom stereocenters. The van der Waals surface area contributed by atoms with Crippen molar-refractivity contribution in [3.05, 3.63) is 76.6 Å². The summed E-state index contributed by atoms with van der Waals surface area (Å²) in [5.74, 6) is 0.184. The summed E-state index contributed by atoms with van der Waals surface area (Å²) in [5, 5.41) is 9.28. The topological polar surface area (TPSA) is 68.5 Å². The Labute approximate surface area is 175 Å². The minimum absolute atomic E-state index is 0.366. The van der Waals surface area contributed by atoms with Crippen LogP contribution in [-0.4, -0.2) is 27.5 Å². The number of nitrogens with zero attached hydrogens (tertiary/aromatic N) is 3. The van der Waals surface area contributed by atoms with Gasteiger partial charge in [-0.1, -0.05) is 29.8 Å². The highest BCUT2D eigenvalue weighted by atomic mass is 35.5. The number of hydrazone groups is 1. The number of rotatable bonds is 6. The van der Waals surface area contributed by atoms with E-state index in [0.29, 0.717) is 10.8 Å². The molecule has 1 amide bonds. The lowest BCUT2D eigenvalue weighted by atomic mass is 10.1. The van der Waals surface area contributed by atoms with Gasteiger partial charge in [-0.25, -0.2) is 10.1 Å². The summed E-state index contributed by atoms with van der Waals surface area (Å²) in [4.78, 5) is 12.5. The minimum Gasteiger partial charge on any atom is -0.478 e. The zero-order valence-electron chi connectivity index (χ0n) is 16.8. The van der Waals surface area contributed by atoms with Crippen LogP contribution < -0.4 is 10.2 Å². The zero-order chi connectivity index (χ0) is 21.0. The number of hydrogen-bond acceptors (Lipinski definition) is 4. The smallest absolute Gasteiger partial charge is 0.283 e. The van der Waals surface area contributed by atoms with Crippen LogP contribution in [0.3, 0.4) is 0 Å². The van der Waals surface area contributed by atoms with Crippen LogP contribution in [0.5, 0.6) is 5.75 Å². The second-order valence-electron chi connectivity index (χ2n) is 7.10. The van der Waals surface area contributed by atoms with Crippen LogP contribution in [-0.2, 0) is 4.79 Å². The van der Waals surface area contributed by atoms with Crippen LogP contribution in [0, 0.1) is 13.8 Å². The summed E-state index contributed by atoms with van der Waals surface area (Å²) in [6.07, 6.45) is 1.60. The first-order valence-electron chi connectivity index (χ1n) is 9.17. The number of amides is 1. The van der Waals surface area contributed by atoms with E-state index in [1.54, 1.807) is 44.3 Å². The molecule has 150 valence electrons. The Morgan fingerprint density at radius 2 is 1.79 bits per heavy atom. The van der Waals surface area contributed by atoms with Gasteiger partial charge in [-0.15, -0.1) is 0 Å². The Hall–Kier alpha value is -3.12. The Morgan fingerprint density at radius 1 is 1.14 bits per heavy atom. The molecule has 3 rings (SSSR count). The van der Waals surface area contributed by atoms with E-state index in [4.69, 9.17) is 16.3 Å². The summed E-state index contributed by atoms with van der Waals surface area (Å²) < 4.78 is 7.62. The normalized spacial score (nSPS) is 11.6. The van der Waals surface area contributed by atoms with Crippen LogP contribution >= 0.6 is 11.6 Å². The van der Waals surface area contributed by atoms with Gasteiger partial charge in [-0.2, -0.15) is 10.2 Å². The van der Waals surface area contributed by atoms with Gasteiger partial charge in [0.15, 0.2) is 5.60 Å². The van der Waals surface area contributed by atoms with Gasteiger partial charge >= 0.3 is 0 Å². The van der Waals surface area contributed by atoms with E-state index >= 15 is 0 Å². The fourth-order valence-electron chi connectivity index (χ4n) is 2.80. The number of carbonyl (C=O) groups excluding carboxylic acids is 1. The van der Waals surface area contributed by atoms with Crippen molar-refractivity contribution >= 4 is 23.7 Å². The number of nitrogens with one attached hydrogen (secondary N) is 1. The lowest BCUT2D eigenvalue weighted by Gasteiger charge is -2.24. The lowest BCUT2D eigenvalue weighted by molar-refractivity contribution is -0.134. The molecule has 0 atom stereocenters. The molecular formula is C22H23ClN4O2. The largest absolute Gasteiger partial charge is 0.478 e. The molecule has 0 radical (unpaired) electrons. The van der Waals surface area contributed by atoms with Gasteiger partial charge in [0.1, 0.15) is 5.75 Å². The monoisotopic (exact) mass is 410 g/mol. The van der Waals surface area contributed by atoms with E-state index in [-0.39, 0.29) is 5.91 Å². The summed E-state index contributed by atoms with van der Waals surface area (Å²) in [5.41, 5.74) is 5.01. The average Bonchev–Trinajstić information content (AvgIpc) is 2.98. The van der Waals surface area contributed by atoms with Gasteiger partial charge < -0.3 is 4.74 Å². The third-order valence-electron chi connectivity index (χ3n) is 4.44. The van der Waals surface area contributed by atoms with E-state index in [2.05, 4.69) is 15.6 Å². The Morgan fingerprint density at radius 3 is 2.45 bits per heavy atom. The molecule has 2 aromatic carbocycles. The number of halogens is 1. The van der Waals surface area contributed by atoms with Gasteiger partial charge in [-0.3, -0.25) is 4.79 Å². The first-order valence-corrected chi connectivity index (χ1v) is 9.55. The molecule has 0 spiro atoms. The summed E-state index contributed by atoms with van der Waals surface area (Å²) in [6.45, 7) is 7.22. The molecule has 0 aliphatic carbocycles. The molecule has 1 heterocycles. The third kappa shape index (κ3) is 4.84. The van der Waals surface area contributed by atoms with Gasteiger partial charge in [0.2, 0.25) is 0 Å². The van der Waals surface area contributed by atoms with Crippen molar-refractivity contribution in [3.63, 3.8) is 0 Å². The molecular weight excluding hydrogens is 388 g/mol. The molecule has 1 N–H and O–H groups in total. The van der Waals surface area contributed by atoms with Crippen molar-refractivity contribution < 1.29 is 9.53 Å². The molecule has 0 saturated heterocycles. The molecule has 7 heteroatoms. The molecule has 0 aliphatic heterocycles. The zero-order valence-corrected chi connectivity index (χ0v) is 17.6. The molecule has 0 aliphatic rings. The highest BCUT2D eigenvalue weighted by Crippen LogP contribution is 2.21. The van der Waals surface area contributed by atoms with Gasteiger partial charge in [-0.05, 0) is 64.1 Å². The second-order valence-corrected chi connectivity index (χ2v) is 7.53. The van der Waals surface area contributed by atoms with Crippen molar-refractivity contribution in [2.24, 2.45) is 5.10 Å². The first-order chi connectivity index (χ1) is 13.8. The number of carbonyl (C=O) groups is 1. The Kier molecular flexibility index (Phi) is 6.03. The van der Waals surface area contributed by atoms with Gasteiger partial charge in [0, 0.05) is 10.6 Å². The van der Waals surface area contributed by atoms with Crippen molar-refractivity contribution in [2.75, 3.05) is 0 Å². The first kappa shape index (κ1) is 20.6. The maximum Gasteiger partial charge on any atom is 0.283 e. The van der Waals surface area contributed by atoms with Gasteiger partial charge in [0.05, 0.1) is 23.3 Å². The summed E-state index contributed by atoms with van der Waals surface area (Å²) in [7, 11) is 0. The van der Waals surface area contributed by atoms with E-state index < -0.39 is 5.60 Å². The molecule has 0 bridgehead atoms. The van der Waals surface area contributed by atoms with Crippen molar-refractivity contribution in [1.82, 2.24) is 15.2 Å².